The van der Waals surface area contributed by atoms with E-state index in [0.717, 1.165) is 18.7 Å². The van der Waals surface area contributed by atoms with Gasteiger partial charge in [-0.25, -0.2) is 13.6 Å². The summed E-state index contributed by atoms with van der Waals surface area (Å²) in [4.78, 5) is 2.50. The highest BCUT2D eigenvalue weighted by Gasteiger charge is 2.36. The standard InChI is InChI=1S/C13H20N4O2S/c14-10-8-9(3-4-13(10)20(15,18)19)16-11-5-7-17-6-1-2-12(11)17/h3-4,8,11-12,16H,1-2,5-7,14H2,(H2,15,18,19). The Labute approximate surface area is 119 Å². The number of benzene rings is 1. The molecule has 0 saturated carbocycles. The van der Waals surface area contributed by atoms with E-state index in [1.165, 1.54) is 25.5 Å². The molecule has 110 valence electrons. The zero-order chi connectivity index (χ0) is 14.3. The Bertz CT molecular complexity index is 617. The highest BCUT2D eigenvalue weighted by molar-refractivity contribution is 7.89. The quantitative estimate of drug-likeness (QED) is 0.708. The van der Waals surface area contributed by atoms with Crippen LogP contribution in [-0.4, -0.2) is 38.5 Å². The number of hydrogen-bond donors (Lipinski definition) is 3. The van der Waals surface area contributed by atoms with E-state index >= 15 is 0 Å². The molecule has 20 heavy (non-hydrogen) atoms. The number of nitrogen functional groups attached to an aromatic ring is 1. The van der Waals surface area contributed by atoms with Crippen LogP contribution in [0.15, 0.2) is 23.1 Å². The average molecular weight is 296 g/mol. The van der Waals surface area contributed by atoms with E-state index in [1.807, 2.05) is 0 Å². The third kappa shape index (κ3) is 2.48. The molecule has 3 rings (SSSR count). The Kier molecular flexibility index (Phi) is 3.35. The maximum absolute atomic E-state index is 11.3. The van der Waals surface area contributed by atoms with Crippen molar-refractivity contribution in [1.29, 1.82) is 0 Å². The first-order valence-corrected chi connectivity index (χ1v) is 8.43. The number of rotatable bonds is 3. The summed E-state index contributed by atoms with van der Waals surface area (Å²) in [7, 11) is -3.75. The second-order valence-corrected chi connectivity index (χ2v) is 7.11. The number of anilines is 2. The number of nitrogens with two attached hydrogens (primary N) is 2. The van der Waals surface area contributed by atoms with Crippen molar-refractivity contribution in [2.24, 2.45) is 5.14 Å². The van der Waals surface area contributed by atoms with Gasteiger partial charge in [-0.2, -0.15) is 0 Å². The van der Waals surface area contributed by atoms with Crippen LogP contribution in [0, 0.1) is 0 Å². The Morgan fingerprint density at radius 2 is 2.05 bits per heavy atom. The van der Waals surface area contributed by atoms with E-state index in [2.05, 4.69) is 10.2 Å². The van der Waals surface area contributed by atoms with Crippen LogP contribution in [0.4, 0.5) is 11.4 Å². The lowest BCUT2D eigenvalue weighted by Crippen LogP contribution is -2.33. The average Bonchev–Trinajstić information content (AvgIpc) is 2.92. The predicted molar refractivity (Wildman–Crippen MR) is 78.9 cm³/mol. The van der Waals surface area contributed by atoms with E-state index in [9.17, 15) is 8.42 Å². The van der Waals surface area contributed by atoms with E-state index in [-0.39, 0.29) is 10.6 Å². The molecule has 2 fully saturated rings. The van der Waals surface area contributed by atoms with Gasteiger partial charge < -0.3 is 11.1 Å². The highest BCUT2D eigenvalue weighted by Crippen LogP contribution is 2.31. The van der Waals surface area contributed by atoms with Crippen LogP contribution in [0.3, 0.4) is 0 Å². The van der Waals surface area contributed by atoms with Crippen LogP contribution < -0.4 is 16.2 Å². The number of fused-ring (bicyclic) bond motifs is 1. The van der Waals surface area contributed by atoms with Gasteiger partial charge in [0.05, 0.1) is 5.69 Å². The number of nitrogens with zero attached hydrogens (tertiary/aromatic N) is 1. The SMILES string of the molecule is Nc1cc(NC2CCN3CCCC23)ccc1S(N)(=O)=O. The fraction of sp³-hybridized carbons (Fsp3) is 0.538. The lowest BCUT2D eigenvalue weighted by molar-refractivity contribution is 0.318. The maximum Gasteiger partial charge on any atom is 0.240 e. The van der Waals surface area contributed by atoms with E-state index in [1.54, 1.807) is 12.1 Å². The Balaban J connectivity index is 1.77. The summed E-state index contributed by atoms with van der Waals surface area (Å²) in [5.41, 5.74) is 6.83. The summed E-state index contributed by atoms with van der Waals surface area (Å²) >= 11 is 0. The summed E-state index contributed by atoms with van der Waals surface area (Å²) in [5.74, 6) is 0. The molecule has 1 aromatic rings. The summed E-state index contributed by atoms with van der Waals surface area (Å²) < 4.78 is 22.7. The van der Waals surface area contributed by atoms with Gasteiger partial charge in [0.25, 0.3) is 0 Å². The molecular formula is C13H20N4O2S. The number of primary sulfonamides is 1. The van der Waals surface area contributed by atoms with Gasteiger partial charge in [0.15, 0.2) is 0 Å². The molecule has 5 N–H and O–H groups in total. The van der Waals surface area contributed by atoms with Crippen molar-refractivity contribution < 1.29 is 8.42 Å². The zero-order valence-corrected chi connectivity index (χ0v) is 12.1. The molecule has 6 nitrogen and oxygen atoms in total. The molecule has 2 saturated heterocycles. The fourth-order valence-corrected chi connectivity index (χ4v) is 4.01. The Morgan fingerprint density at radius 1 is 1.25 bits per heavy atom. The van der Waals surface area contributed by atoms with Crippen molar-refractivity contribution in [3.8, 4) is 0 Å². The summed E-state index contributed by atoms with van der Waals surface area (Å²) in [6, 6.07) is 5.85. The molecule has 2 aliphatic rings. The molecule has 2 unspecified atom stereocenters. The second-order valence-electron chi connectivity index (χ2n) is 5.58. The van der Waals surface area contributed by atoms with Crippen LogP contribution in [0.25, 0.3) is 0 Å². The van der Waals surface area contributed by atoms with Crippen LogP contribution in [0.5, 0.6) is 0 Å². The van der Waals surface area contributed by atoms with Crippen LogP contribution in [0.1, 0.15) is 19.3 Å². The van der Waals surface area contributed by atoms with Gasteiger partial charge in [-0.1, -0.05) is 0 Å². The van der Waals surface area contributed by atoms with Crippen LogP contribution >= 0.6 is 0 Å². The van der Waals surface area contributed by atoms with Gasteiger partial charge in [-0.3, -0.25) is 4.90 Å². The van der Waals surface area contributed by atoms with Gasteiger partial charge in [-0.15, -0.1) is 0 Å². The van der Waals surface area contributed by atoms with Gasteiger partial charge in [0.1, 0.15) is 4.90 Å². The van der Waals surface area contributed by atoms with Gasteiger partial charge >= 0.3 is 0 Å². The van der Waals surface area contributed by atoms with Gasteiger partial charge in [0.2, 0.25) is 10.0 Å². The van der Waals surface area contributed by atoms with Gasteiger partial charge in [-0.05, 0) is 44.0 Å². The normalized spacial score (nSPS) is 26.6. The lowest BCUT2D eigenvalue weighted by Gasteiger charge is -2.22. The van der Waals surface area contributed by atoms with Crippen molar-refractivity contribution in [2.75, 3.05) is 24.1 Å². The molecule has 0 aliphatic carbocycles. The third-order valence-electron chi connectivity index (χ3n) is 4.27. The summed E-state index contributed by atoms with van der Waals surface area (Å²) in [5, 5.41) is 8.58. The third-order valence-corrected chi connectivity index (χ3v) is 5.26. The molecule has 0 spiro atoms. The van der Waals surface area contributed by atoms with Crippen molar-refractivity contribution in [2.45, 2.75) is 36.2 Å². The first-order chi connectivity index (χ1) is 9.45. The smallest absolute Gasteiger partial charge is 0.240 e. The lowest BCUT2D eigenvalue weighted by atomic mass is 10.1. The van der Waals surface area contributed by atoms with Crippen LogP contribution in [0.2, 0.25) is 0 Å². The Hall–Kier alpha value is -1.31. The minimum absolute atomic E-state index is 0.0167. The largest absolute Gasteiger partial charge is 0.398 e. The molecule has 2 aliphatic heterocycles. The highest BCUT2D eigenvalue weighted by atomic mass is 32.2. The van der Waals surface area contributed by atoms with Crippen molar-refractivity contribution >= 4 is 21.4 Å². The summed E-state index contributed by atoms with van der Waals surface area (Å²) in [6.45, 7) is 2.32. The predicted octanol–water partition coefficient (Wildman–Crippen LogP) is 0.565. The minimum atomic E-state index is -3.75. The number of nitrogens with one attached hydrogen (secondary N) is 1. The van der Waals surface area contributed by atoms with E-state index in [4.69, 9.17) is 10.9 Å². The molecule has 1 aromatic carbocycles. The first kappa shape index (κ1) is 13.7. The van der Waals surface area contributed by atoms with Crippen molar-refractivity contribution in [3.05, 3.63) is 18.2 Å². The summed E-state index contributed by atoms with van der Waals surface area (Å²) in [6.07, 6.45) is 3.60. The van der Waals surface area contributed by atoms with E-state index in [0.29, 0.717) is 12.1 Å². The van der Waals surface area contributed by atoms with Crippen molar-refractivity contribution in [1.82, 2.24) is 4.90 Å². The monoisotopic (exact) mass is 296 g/mol. The topological polar surface area (TPSA) is 101 Å². The minimum Gasteiger partial charge on any atom is -0.398 e. The van der Waals surface area contributed by atoms with Crippen molar-refractivity contribution in [3.63, 3.8) is 0 Å². The first-order valence-electron chi connectivity index (χ1n) is 6.88. The molecule has 0 bridgehead atoms. The molecular weight excluding hydrogens is 276 g/mol. The van der Waals surface area contributed by atoms with E-state index < -0.39 is 10.0 Å². The van der Waals surface area contributed by atoms with Gasteiger partial charge in [0, 0.05) is 24.3 Å². The number of sulfonamides is 1. The number of hydrogen-bond acceptors (Lipinski definition) is 5. The molecule has 0 aromatic heterocycles. The zero-order valence-electron chi connectivity index (χ0n) is 11.2. The maximum atomic E-state index is 11.3. The molecule has 7 heteroatoms. The second kappa shape index (κ2) is 4.91. The van der Waals surface area contributed by atoms with Crippen LogP contribution in [-0.2, 0) is 10.0 Å². The molecule has 0 amide bonds. The fourth-order valence-electron chi connectivity index (χ4n) is 3.36. The molecule has 2 heterocycles. The Morgan fingerprint density at radius 3 is 2.75 bits per heavy atom. The molecule has 0 radical (unpaired) electrons. The molecule has 2 atom stereocenters.